The minimum atomic E-state index is -0.845. The minimum absolute atomic E-state index is 0.0476. The highest BCUT2D eigenvalue weighted by Gasteiger charge is 2.45. The van der Waals surface area contributed by atoms with Crippen LogP contribution in [0, 0.1) is 31.6 Å². The molecule has 3 aliphatic rings. The van der Waals surface area contributed by atoms with Crippen LogP contribution in [0.1, 0.15) is 47.6 Å². The summed E-state index contributed by atoms with van der Waals surface area (Å²) in [7, 11) is 1.37. The fourth-order valence-electron chi connectivity index (χ4n) is 6.21. The molecule has 0 saturated carbocycles. The number of carbonyl (C=O) groups is 1. The Balaban J connectivity index is 1.70. The number of hydrogen-bond acceptors (Lipinski definition) is 4. The number of ether oxygens (including phenoxy) is 1. The van der Waals surface area contributed by atoms with Crippen molar-refractivity contribution in [2.75, 3.05) is 7.11 Å². The van der Waals surface area contributed by atoms with Gasteiger partial charge < -0.3 is 30.1 Å². The lowest BCUT2D eigenvalue weighted by Gasteiger charge is -2.23. The van der Waals surface area contributed by atoms with E-state index in [1.807, 2.05) is 31.2 Å². The van der Waals surface area contributed by atoms with Crippen LogP contribution >= 0.6 is 0 Å². The van der Waals surface area contributed by atoms with Crippen molar-refractivity contribution in [2.24, 2.45) is 17.8 Å². The van der Waals surface area contributed by atoms with Gasteiger partial charge in [0, 0.05) is 50.2 Å². The van der Waals surface area contributed by atoms with E-state index < -0.39 is 11.9 Å². The Hall–Kier alpha value is -4.13. The normalized spacial score (nSPS) is 27.0. The summed E-state index contributed by atoms with van der Waals surface area (Å²) in [4.78, 5) is 23.6. The number of methoxy groups -OCH3 is 1. The zero-order valence-electron chi connectivity index (χ0n) is 21.7. The SMILES string of the molecule is C=Cc1c2[nH]c(c1C)/C=C1\NC(C3=c4[nH]c(c(C)c4=C(O)[C@@H]3C(=O)OC)/C=c3/cc/c([nH]3)=C/2)[C@@H](C)[C@@H]1C. The van der Waals surface area contributed by atoms with Gasteiger partial charge in [0.05, 0.1) is 18.5 Å². The van der Waals surface area contributed by atoms with Crippen LogP contribution in [0.25, 0.3) is 35.6 Å². The van der Waals surface area contributed by atoms with Gasteiger partial charge in [-0.1, -0.05) is 26.5 Å². The molecule has 0 aromatic carbocycles. The average Bonchev–Trinajstić information content (AvgIpc) is 3.64. The summed E-state index contributed by atoms with van der Waals surface area (Å²) in [5, 5.41) is 18.5. The van der Waals surface area contributed by atoms with Gasteiger partial charge >= 0.3 is 5.97 Å². The summed E-state index contributed by atoms with van der Waals surface area (Å²) >= 11 is 0. The molecule has 6 rings (SSSR count). The zero-order chi connectivity index (χ0) is 26.2. The number of aromatic amines is 3. The second-order valence-electron chi connectivity index (χ2n) is 10.4. The lowest BCUT2D eigenvalue weighted by atomic mass is 9.84. The fraction of sp³-hybridized carbons (Fsp3) is 0.300. The molecular formula is C30H32N4O3. The molecule has 3 aromatic rings. The molecule has 1 saturated heterocycles. The molecule has 4 atom stereocenters. The summed E-state index contributed by atoms with van der Waals surface area (Å²) in [5.41, 5.74) is 7.89. The Kier molecular flexibility index (Phi) is 5.16. The molecule has 1 unspecified atom stereocenters. The molecule has 8 bridgehead atoms. The lowest BCUT2D eigenvalue weighted by molar-refractivity contribution is -0.142. The molecular weight excluding hydrogens is 464 g/mol. The molecule has 2 aliphatic heterocycles. The lowest BCUT2D eigenvalue weighted by Crippen LogP contribution is -2.37. The molecule has 1 fully saturated rings. The quantitative estimate of drug-likeness (QED) is 0.349. The Labute approximate surface area is 214 Å². The van der Waals surface area contributed by atoms with Crippen LogP contribution in [-0.2, 0) is 9.53 Å². The van der Waals surface area contributed by atoms with Crippen LogP contribution in [0.15, 0.2) is 24.4 Å². The second kappa shape index (κ2) is 8.20. The summed E-state index contributed by atoms with van der Waals surface area (Å²) in [6.07, 6.45) is 8.19. The van der Waals surface area contributed by atoms with E-state index in [2.05, 4.69) is 59.8 Å². The number of H-pyrrole nitrogens is 3. The van der Waals surface area contributed by atoms with Crippen molar-refractivity contribution in [2.45, 2.75) is 33.7 Å². The molecule has 7 heteroatoms. The van der Waals surface area contributed by atoms with E-state index in [1.165, 1.54) is 7.11 Å². The van der Waals surface area contributed by atoms with Crippen molar-refractivity contribution in [1.82, 2.24) is 20.3 Å². The van der Waals surface area contributed by atoms with E-state index in [0.29, 0.717) is 5.22 Å². The predicted molar refractivity (Wildman–Crippen MR) is 146 cm³/mol. The number of aliphatic hydroxyl groups is 1. The first-order chi connectivity index (χ1) is 17.7. The van der Waals surface area contributed by atoms with Crippen molar-refractivity contribution in [3.05, 3.63) is 79.4 Å². The van der Waals surface area contributed by atoms with E-state index in [9.17, 15) is 9.90 Å². The van der Waals surface area contributed by atoms with Gasteiger partial charge in [-0.2, -0.15) is 0 Å². The molecule has 3 aromatic heterocycles. The summed E-state index contributed by atoms with van der Waals surface area (Å²) in [5.74, 6) is -0.883. The summed E-state index contributed by atoms with van der Waals surface area (Å²) in [6, 6.07) is 3.91. The van der Waals surface area contributed by atoms with Gasteiger partial charge in [-0.25, -0.2) is 0 Å². The number of allylic oxidation sites excluding steroid dienone is 1. The van der Waals surface area contributed by atoms with E-state index in [0.717, 1.165) is 61.1 Å². The third kappa shape index (κ3) is 3.30. The second-order valence-corrected chi connectivity index (χ2v) is 10.4. The number of fused-ring (bicyclic) bond motifs is 8. The van der Waals surface area contributed by atoms with E-state index in [1.54, 1.807) is 0 Å². The molecule has 1 aliphatic carbocycles. The fourth-order valence-corrected chi connectivity index (χ4v) is 6.21. The van der Waals surface area contributed by atoms with Crippen LogP contribution in [0.3, 0.4) is 0 Å². The number of esters is 1. The molecule has 5 N–H and O–H groups in total. The Bertz CT molecular complexity index is 1760. The minimum Gasteiger partial charge on any atom is -0.510 e. The smallest absolute Gasteiger partial charge is 0.320 e. The van der Waals surface area contributed by atoms with Crippen LogP contribution in [0.4, 0.5) is 0 Å². The van der Waals surface area contributed by atoms with Crippen LogP contribution in [0.5, 0.6) is 0 Å². The van der Waals surface area contributed by atoms with Crippen molar-refractivity contribution in [3.63, 3.8) is 0 Å². The Morgan fingerprint density at radius 2 is 1.68 bits per heavy atom. The first kappa shape index (κ1) is 23.3. The van der Waals surface area contributed by atoms with E-state index >= 15 is 0 Å². The van der Waals surface area contributed by atoms with Crippen molar-refractivity contribution in [1.29, 1.82) is 0 Å². The number of rotatable bonds is 2. The highest BCUT2D eigenvalue weighted by atomic mass is 16.5. The third-order valence-corrected chi connectivity index (χ3v) is 8.52. The largest absolute Gasteiger partial charge is 0.510 e. The number of carbonyl (C=O) groups excluding carboxylic acids is 1. The van der Waals surface area contributed by atoms with Crippen LogP contribution < -0.4 is 26.6 Å². The van der Waals surface area contributed by atoms with Gasteiger partial charge in [-0.05, 0) is 66.8 Å². The van der Waals surface area contributed by atoms with Gasteiger partial charge in [0.15, 0.2) is 0 Å². The van der Waals surface area contributed by atoms with Crippen molar-refractivity contribution in [3.8, 4) is 0 Å². The zero-order valence-corrected chi connectivity index (χ0v) is 21.7. The Morgan fingerprint density at radius 3 is 2.35 bits per heavy atom. The maximum absolute atomic E-state index is 13.0. The molecule has 0 amide bonds. The van der Waals surface area contributed by atoms with Gasteiger partial charge in [0.2, 0.25) is 0 Å². The first-order valence-corrected chi connectivity index (χ1v) is 12.7. The number of aromatic nitrogens is 3. The van der Waals surface area contributed by atoms with E-state index in [-0.39, 0.29) is 23.6 Å². The Morgan fingerprint density at radius 1 is 1.00 bits per heavy atom. The van der Waals surface area contributed by atoms with Crippen molar-refractivity contribution < 1.29 is 14.6 Å². The molecule has 190 valence electrons. The molecule has 37 heavy (non-hydrogen) atoms. The average molecular weight is 497 g/mol. The summed E-state index contributed by atoms with van der Waals surface area (Å²) < 4.78 is 5.16. The topological polar surface area (TPSA) is 106 Å². The van der Waals surface area contributed by atoms with Crippen LogP contribution in [0.2, 0.25) is 0 Å². The predicted octanol–water partition coefficient (Wildman–Crippen LogP) is 1.81. The highest BCUT2D eigenvalue weighted by Crippen LogP contribution is 2.40. The maximum atomic E-state index is 13.0. The number of nitrogens with one attached hydrogen (secondary N) is 4. The maximum Gasteiger partial charge on any atom is 0.320 e. The monoisotopic (exact) mass is 496 g/mol. The molecule has 0 spiro atoms. The van der Waals surface area contributed by atoms with Gasteiger partial charge in [0.1, 0.15) is 11.7 Å². The van der Waals surface area contributed by atoms with Crippen LogP contribution in [-0.4, -0.2) is 39.2 Å². The third-order valence-electron chi connectivity index (χ3n) is 8.52. The van der Waals surface area contributed by atoms with Gasteiger partial charge in [-0.15, -0.1) is 0 Å². The first-order valence-electron chi connectivity index (χ1n) is 12.7. The summed E-state index contributed by atoms with van der Waals surface area (Å²) in [6.45, 7) is 12.5. The standard InChI is InChI=1S/C30H32N4O3/c1-7-19-15(4)22-12-21-13(2)14(3)27(33-21)25-26(30(36)37-6)29(35)24-16(5)20(34-28(24)25)10-17-8-9-18(31-17)11-23(19)32-22/h7-14,26-27,31-35H,1H2,2-6H3/b17-10-,18-11-,21-12-/t13-,14-,26+,27?/m0/s1. The highest BCUT2D eigenvalue weighted by molar-refractivity contribution is 5.95. The molecule has 7 nitrogen and oxygen atoms in total. The molecule has 0 radical (unpaired) electrons. The van der Waals surface area contributed by atoms with E-state index in [4.69, 9.17) is 4.74 Å². The van der Waals surface area contributed by atoms with Crippen molar-refractivity contribution >= 4 is 41.6 Å². The molecule has 5 heterocycles. The number of hydrogen-bond donors (Lipinski definition) is 5. The number of aliphatic hydroxyl groups excluding tert-OH is 1. The van der Waals surface area contributed by atoms with Gasteiger partial charge in [0.25, 0.3) is 0 Å². The van der Waals surface area contributed by atoms with Gasteiger partial charge in [-0.3, -0.25) is 4.79 Å².